The third kappa shape index (κ3) is 4.00. The number of nitrogens with zero attached hydrogens (tertiary/aromatic N) is 1. The van der Waals surface area contributed by atoms with Crippen molar-refractivity contribution in [1.29, 1.82) is 0 Å². The molecule has 0 heterocycles. The van der Waals surface area contributed by atoms with Crippen molar-refractivity contribution in [3.05, 3.63) is 96.6 Å². The number of carbonyl (C=O) groups is 1. The van der Waals surface area contributed by atoms with Crippen molar-refractivity contribution in [2.24, 2.45) is 0 Å². The summed E-state index contributed by atoms with van der Waals surface area (Å²) in [5.74, 6) is -0.455. The summed E-state index contributed by atoms with van der Waals surface area (Å²) in [6.45, 7) is 0. The Kier molecular flexibility index (Phi) is 5.49. The smallest absolute Gasteiger partial charge is 0.270 e. The maximum atomic E-state index is 13.1. The van der Waals surface area contributed by atoms with Crippen molar-refractivity contribution < 1.29 is 13.2 Å². The van der Waals surface area contributed by atoms with Crippen molar-refractivity contribution in [2.45, 2.75) is 17.7 Å². The molecular formula is C21H19NO3S. The van der Waals surface area contributed by atoms with Crippen LogP contribution in [-0.2, 0) is 21.2 Å². The Labute approximate surface area is 153 Å². The second kappa shape index (κ2) is 7.97. The highest BCUT2D eigenvalue weighted by atomic mass is 32.2. The first kappa shape index (κ1) is 17.9. The van der Waals surface area contributed by atoms with E-state index in [-0.39, 0.29) is 11.3 Å². The molecule has 0 radical (unpaired) electrons. The largest absolute Gasteiger partial charge is 0.273 e. The van der Waals surface area contributed by atoms with E-state index in [4.69, 9.17) is 0 Å². The molecule has 0 aliphatic carbocycles. The highest BCUT2D eigenvalue weighted by Gasteiger charge is 2.30. The highest BCUT2D eigenvalue weighted by Crippen LogP contribution is 2.24. The Morgan fingerprint density at radius 2 is 1.23 bits per heavy atom. The Hall–Kier alpha value is -2.92. The number of benzene rings is 3. The van der Waals surface area contributed by atoms with E-state index >= 15 is 0 Å². The number of amides is 1. The molecule has 0 N–H and O–H groups in total. The summed E-state index contributed by atoms with van der Waals surface area (Å²) in [5, 5.41) is 0. The first-order valence-corrected chi connectivity index (χ1v) is 9.75. The first-order chi connectivity index (χ1) is 12.6. The summed E-state index contributed by atoms with van der Waals surface area (Å²) in [7, 11) is -3.97. The zero-order chi connectivity index (χ0) is 18.4. The number of hydrogen-bond acceptors (Lipinski definition) is 3. The molecule has 0 saturated carbocycles. The topological polar surface area (TPSA) is 54.5 Å². The van der Waals surface area contributed by atoms with Gasteiger partial charge in [0.05, 0.1) is 10.6 Å². The summed E-state index contributed by atoms with van der Waals surface area (Å²) >= 11 is 0. The van der Waals surface area contributed by atoms with E-state index in [1.54, 1.807) is 48.5 Å². The minimum atomic E-state index is -3.97. The fraction of sp³-hybridized carbons (Fsp3) is 0.0952. The van der Waals surface area contributed by atoms with E-state index < -0.39 is 15.9 Å². The van der Waals surface area contributed by atoms with Crippen molar-refractivity contribution in [2.75, 3.05) is 4.31 Å². The predicted octanol–water partition coefficient (Wildman–Crippen LogP) is 4.04. The molecule has 4 nitrogen and oxygen atoms in total. The molecule has 3 aromatic carbocycles. The van der Waals surface area contributed by atoms with Gasteiger partial charge in [-0.1, -0.05) is 66.7 Å². The SMILES string of the molecule is O=C(CCc1ccccc1)N(c1ccccc1)S(=O)(=O)c1ccccc1. The second-order valence-electron chi connectivity index (χ2n) is 5.80. The van der Waals surface area contributed by atoms with E-state index in [1.165, 1.54) is 12.1 Å². The molecule has 132 valence electrons. The van der Waals surface area contributed by atoms with Gasteiger partial charge in [-0.25, -0.2) is 12.7 Å². The normalized spacial score (nSPS) is 11.1. The molecule has 3 aromatic rings. The molecule has 0 bridgehead atoms. The van der Waals surface area contributed by atoms with Crippen LogP contribution in [0.15, 0.2) is 95.9 Å². The van der Waals surface area contributed by atoms with Crippen molar-refractivity contribution in [3.8, 4) is 0 Å². The van der Waals surface area contributed by atoms with Gasteiger partial charge < -0.3 is 0 Å². The number of carbonyl (C=O) groups excluding carboxylic acids is 1. The molecule has 26 heavy (non-hydrogen) atoms. The van der Waals surface area contributed by atoms with Crippen LogP contribution in [0.4, 0.5) is 5.69 Å². The number of hydrogen-bond donors (Lipinski definition) is 0. The molecule has 0 fully saturated rings. The molecule has 1 amide bonds. The summed E-state index contributed by atoms with van der Waals surface area (Å²) in [6, 6.07) is 26.0. The van der Waals surface area contributed by atoms with Crippen LogP contribution < -0.4 is 4.31 Å². The highest BCUT2D eigenvalue weighted by molar-refractivity contribution is 7.93. The lowest BCUT2D eigenvalue weighted by atomic mass is 10.1. The Morgan fingerprint density at radius 1 is 0.731 bits per heavy atom. The summed E-state index contributed by atoms with van der Waals surface area (Å²) < 4.78 is 27.1. The van der Waals surface area contributed by atoms with Gasteiger partial charge in [-0.05, 0) is 36.2 Å². The lowest BCUT2D eigenvalue weighted by Crippen LogP contribution is -2.37. The molecule has 5 heteroatoms. The fourth-order valence-corrected chi connectivity index (χ4v) is 4.15. The van der Waals surface area contributed by atoms with Crippen LogP contribution in [0.3, 0.4) is 0 Å². The quantitative estimate of drug-likeness (QED) is 0.662. The fourth-order valence-electron chi connectivity index (χ4n) is 2.68. The van der Waals surface area contributed by atoms with Crippen molar-refractivity contribution >= 4 is 21.6 Å². The molecule has 0 saturated heterocycles. The van der Waals surface area contributed by atoms with Gasteiger partial charge in [0.25, 0.3) is 10.0 Å². The summed E-state index contributed by atoms with van der Waals surface area (Å²) in [6.07, 6.45) is 0.582. The average molecular weight is 365 g/mol. The molecule has 0 spiro atoms. The van der Waals surface area contributed by atoms with Crippen LogP contribution in [0.5, 0.6) is 0 Å². The Morgan fingerprint density at radius 3 is 1.81 bits per heavy atom. The van der Waals surface area contributed by atoms with E-state index in [1.807, 2.05) is 30.3 Å². The molecule has 0 atom stereocenters. The predicted molar refractivity (Wildman–Crippen MR) is 102 cm³/mol. The Bertz CT molecular complexity index is 956. The first-order valence-electron chi connectivity index (χ1n) is 8.31. The van der Waals surface area contributed by atoms with Gasteiger partial charge in [0, 0.05) is 6.42 Å². The number of rotatable bonds is 6. The van der Waals surface area contributed by atoms with Gasteiger partial charge in [0.2, 0.25) is 5.91 Å². The van der Waals surface area contributed by atoms with Crippen LogP contribution in [-0.4, -0.2) is 14.3 Å². The summed E-state index contributed by atoms with van der Waals surface area (Å²) in [4.78, 5) is 13.0. The molecule has 3 rings (SSSR count). The molecule has 0 aromatic heterocycles. The average Bonchev–Trinajstić information content (AvgIpc) is 2.69. The molecule has 0 aliphatic rings. The van der Waals surface area contributed by atoms with Gasteiger partial charge in [-0.2, -0.15) is 0 Å². The van der Waals surface area contributed by atoms with Crippen LogP contribution >= 0.6 is 0 Å². The molecule has 0 aliphatic heterocycles. The van der Waals surface area contributed by atoms with Crippen LogP contribution in [0.1, 0.15) is 12.0 Å². The second-order valence-corrected chi connectivity index (χ2v) is 7.58. The van der Waals surface area contributed by atoms with Crippen LogP contribution in [0.2, 0.25) is 0 Å². The molecular weight excluding hydrogens is 346 g/mol. The van der Waals surface area contributed by atoms with Gasteiger partial charge in [-0.3, -0.25) is 4.79 Å². The van der Waals surface area contributed by atoms with E-state index in [0.717, 1.165) is 9.87 Å². The number of aryl methyl sites for hydroxylation is 1. The maximum absolute atomic E-state index is 13.1. The minimum Gasteiger partial charge on any atom is -0.273 e. The van der Waals surface area contributed by atoms with Gasteiger partial charge >= 0.3 is 0 Å². The van der Waals surface area contributed by atoms with E-state index in [9.17, 15) is 13.2 Å². The van der Waals surface area contributed by atoms with Gasteiger partial charge in [0.1, 0.15) is 0 Å². The number of para-hydroxylation sites is 1. The third-order valence-corrected chi connectivity index (χ3v) is 5.73. The monoisotopic (exact) mass is 365 g/mol. The van der Waals surface area contributed by atoms with Crippen molar-refractivity contribution in [1.82, 2.24) is 0 Å². The summed E-state index contributed by atoms with van der Waals surface area (Å²) in [5.41, 5.74) is 1.33. The van der Waals surface area contributed by atoms with E-state index in [2.05, 4.69) is 0 Å². The van der Waals surface area contributed by atoms with Gasteiger partial charge in [0.15, 0.2) is 0 Å². The van der Waals surface area contributed by atoms with Crippen LogP contribution in [0.25, 0.3) is 0 Å². The lowest BCUT2D eigenvalue weighted by Gasteiger charge is -2.22. The van der Waals surface area contributed by atoms with Crippen molar-refractivity contribution in [3.63, 3.8) is 0 Å². The zero-order valence-corrected chi connectivity index (χ0v) is 15.0. The standard InChI is InChI=1S/C21H19NO3S/c23-21(17-16-18-10-4-1-5-11-18)22(19-12-6-2-7-13-19)26(24,25)20-14-8-3-9-15-20/h1-15H,16-17H2. The third-order valence-electron chi connectivity index (χ3n) is 3.97. The van der Waals surface area contributed by atoms with E-state index in [0.29, 0.717) is 12.1 Å². The van der Waals surface area contributed by atoms with Gasteiger partial charge in [-0.15, -0.1) is 0 Å². The minimum absolute atomic E-state index is 0.0944. The van der Waals surface area contributed by atoms with Crippen LogP contribution in [0, 0.1) is 0 Å². The zero-order valence-electron chi connectivity index (χ0n) is 14.2. The number of sulfonamides is 1. The Balaban J connectivity index is 1.93. The molecule has 0 unspecified atom stereocenters. The number of anilines is 1. The lowest BCUT2D eigenvalue weighted by molar-refractivity contribution is -0.117. The maximum Gasteiger partial charge on any atom is 0.270 e.